The minimum atomic E-state index is -0.553. The number of rotatable bonds is 52. The highest BCUT2D eigenvalue weighted by molar-refractivity contribution is 5.70. The first-order valence-corrected chi connectivity index (χ1v) is 28.5. The molecule has 0 radical (unpaired) electrons. The summed E-state index contributed by atoms with van der Waals surface area (Å²) < 4.78 is 17.5. The second-order valence-electron chi connectivity index (χ2n) is 18.8. The smallest absolute Gasteiger partial charge is 0.306 e. The Labute approximate surface area is 410 Å². The Balaban J connectivity index is 4.31. The summed E-state index contributed by atoms with van der Waals surface area (Å²) >= 11 is 0. The van der Waals surface area contributed by atoms with Gasteiger partial charge < -0.3 is 14.2 Å². The Kier molecular flexibility index (Phi) is 54.4. The molecule has 5 heteroatoms. The molecule has 382 valence electrons. The summed E-state index contributed by atoms with van der Waals surface area (Å²) in [5, 5.41) is 0. The van der Waals surface area contributed by atoms with Crippen LogP contribution in [0.2, 0.25) is 0 Å². The van der Waals surface area contributed by atoms with Gasteiger partial charge in [-0.2, -0.15) is 0 Å². The quantitative estimate of drug-likeness (QED) is 0.0346. The topological polar surface area (TPSA) is 61.8 Å². The van der Waals surface area contributed by atoms with Gasteiger partial charge in [-0.05, 0) is 116 Å². The highest BCUT2D eigenvalue weighted by atomic mass is 16.6. The molecule has 0 spiro atoms. The fourth-order valence-electron chi connectivity index (χ4n) is 7.89. The minimum absolute atomic E-state index is 0.0718. The van der Waals surface area contributed by atoms with E-state index in [2.05, 4.69) is 93.7 Å². The molecule has 0 amide bonds. The predicted molar refractivity (Wildman–Crippen MR) is 288 cm³/mol. The Morgan fingerprint density at radius 3 is 1.00 bits per heavy atom. The number of carbonyl (C=O) groups excluding carboxylic acids is 2. The first kappa shape index (κ1) is 63.3. The van der Waals surface area contributed by atoms with Gasteiger partial charge in [0.1, 0.15) is 6.61 Å². The van der Waals surface area contributed by atoms with Crippen LogP contribution in [0.1, 0.15) is 278 Å². The van der Waals surface area contributed by atoms with Crippen LogP contribution in [0.4, 0.5) is 0 Å². The van der Waals surface area contributed by atoms with E-state index in [0.29, 0.717) is 19.4 Å². The zero-order valence-corrected chi connectivity index (χ0v) is 44.0. The molecule has 0 saturated carbocycles. The first-order valence-electron chi connectivity index (χ1n) is 28.5. The van der Waals surface area contributed by atoms with Crippen molar-refractivity contribution in [3.63, 3.8) is 0 Å². The van der Waals surface area contributed by atoms with Crippen molar-refractivity contribution in [3.05, 3.63) is 72.9 Å². The van der Waals surface area contributed by atoms with Crippen molar-refractivity contribution in [2.24, 2.45) is 0 Å². The van der Waals surface area contributed by atoms with Crippen LogP contribution in [0.25, 0.3) is 0 Å². The summed E-state index contributed by atoms with van der Waals surface area (Å²) in [5.74, 6) is -0.419. The molecule has 1 atom stereocenters. The van der Waals surface area contributed by atoms with Crippen molar-refractivity contribution in [1.82, 2.24) is 0 Å². The largest absolute Gasteiger partial charge is 0.462 e. The summed E-state index contributed by atoms with van der Waals surface area (Å²) in [6, 6.07) is 0. The van der Waals surface area contributed by atoms with Gasteiger partial charge in [0, 0.05) is 19.4 Å². The molecule has 0 saturated heterocycles. The van der Waals surface area contributed by atoms with Gasteiger partial charge in [0.15, 0.2) is 6.10 Å². The maximum absolute atomic E-state index is 12.8. The van der Waals surface area contributed by atoms with Crippen molar-refractivity contribution in [2.45, 2.75) is 284 Å². The van der Waals surface area contributed by atoms with E-state index in [0.717, 1.165) is 77.0 Å². The number of hydrogen-bond acceptors (Lipinski definition) is 5. The molecule has 0 aliphatic heterocycles. The number of esters is 2. The summed E-state index contributed by atoms with van der Waals surface area (Å²) in [7, 11) is 0. The molecule has 1 unspecified atom stereocenters. The van der Waals surface area contributed by atoms with Gasteiger partial charge in [0.2, 0.25) is 0 Å². The molecule has 66 heavy (non-hydrogen) atoms. The normalized spacial score (nSPS) is 12.7. The van der Waals surface area contributed by atoms with Crippen LogP contribution in [0.3, 0.4) is 0 Å². The average Bonchev–Trinajstić information content (AvgIpc) is 3.32. The molecule has 0 bridgehead atoms. The lowest BCUT2D eigenvalue weighted by molar-refractivity contribution is -0.163. The van der Waals surface area contributed by atoms with Crippen LogP contribution in [0, 0.1) is 0 Å². The highest BCUT2D eigenvalue weighted by Gasteiger charge is 2.17. The third kappa shape index (κ3) is 54.0. The average molecular weight is 922 g/mol. The van der Waals surface area contributed by atoms with Crippen molar-refractivity contribution >= 4 is 11.9 Å². The van der Waals surface area contributed by atoms with E-state index in [-0.39, 0.29) is 25.2 Å². The number of hydrogen-bond donors (Lipinski definition) is 0. The summed E-state index contributed by atoms with van der Waals surface area (Å²) in [5.41, 5.74) is 0. The van der Waals surface area contributed by atoms with Crippen LogP contribution in [0.15, 0.2) is 72.9 Å². The van der Waals surface area contributed by atoms with Crippen LogP contribution < -0.4 is 0 Å². The number of unbranched alkanes of at least 4 members (excludes halogenated alkanes) is 29. The van der Waals surface area contributed by atoms with Gasteiger partial charge in [-0.3, -0.25) is 9.59 Å². The lowest BCUT2D eigenvalue weighted by Crippen LogP contribution is -2.30. The summed E-state index contributed by atoms with van der Waals surface area (Å²) in [6.45, 7) is 7.74. The highest BCUT2D eigenvalue weighted by Crippen LogP contribution is 2.14. The number of allylic oxidation sites excluding steroid dienone is 12. The summed E-state index contributed by atoms with van der Waals surface area (Å²) in [4.78, 5) is 25.5. The van der Waals surface area contributed by atoms with Crippen LogP contribution >= 0.6 is 0 Å². The second-order valence-corrected chi connectivity index (χ2v) is 18.8. The van der Waals surface area contributed by atoms with Gasteiger partial charge in [0.25, 0.3) is 0 Å². The van der Waals surface area contributed by atoms with Crippen molar-refractivity contribution in [1.29, 1.82) is 0 Å². The van der Waals surface area contributed by atoms with Crippen molar-refractivity contribution in [3.8, 4) is 0 Å². The number of carbonyl (C=O) groups is 2. The third-order valence-corrected chi connectivity index (χ3v) is 12.2. The monoisotopic (exact) mass is 921 g/mol. The molecule has 0 aromatic heterocycles. The van der Waals surface area contributed by atoms with Gasteiger partial charge >= 0.3 is 11.9 Å². The molecule has 0 rings (SSSR count). The molecular formula is C61H108O5. The van der Waals surface area contributed by atoms with Gasteiger partial charge in [-0.1, -0.05) is 222 Å². The van der Waals surface area contributed by atoms with Crippen molar-refractivity contribution < 1.29 is 23.8 Å². The van der Waals surface area contributed by atoms with E-state index < -0.39 is 6.10 Å². The zero-order chi connectivity index (χ0) is 47.7. The minimum Gasteiger partial charge on any atom is -0.462 e. The van der Waals surface area contributed by atoms with E-state index in [1.807, 2.05) is 0 Å². The van der Waals surface area contributed by atoms with Gasteiger partial charge in [0.05, 0.1) is 6.61 Å². The Bertz CT molecular complexity index is 1180. The molecule has 0 aliphatic rings. The molecule has 5 nitrogen and oxygen atoms in total. The van der Waals surface area contributed by atoms with Gasteiger partial charge in [-0.15, -0.1) is 0 Å². The van der Waals surface area contributed by atoms with E-state index in [9.17, 15) is 9.59 Å². The van der Waals surface area contributed by atoms with E-state index in [1.165, 1.54) is 167 Å². The molecule has 0 aromatic carbocycles. The Hall–Kier alpha value is -2.66. The standard InChI is InChI=1S/C61H108O5/c1-4-7-10-13-16-19-22-25-28-30-32-35-38-41-44-47-50-53-56-64-57-59(66-61(63)55-52-49-46-43-40-37-33-27-24-21-18-15-12-9-6-3)58-65-60(62)54-51-48-45-42-39-36-34-31-29-26-23-20-17-14-11-8-5-2/h16-21,25-29,33,59H,4-15,22-24,30-32,34-58H2,1-3H3/b19-16-,20-17-,21-18-,28-25-,29-26-,33-27-. The maximum atomic E-state index is 12.8. The lowest BCUT2D eigenvalue weighted by Gasteiger charge is -2.18. The molecular weight excluding hydrogens is 813 g/mol. The molecule has 0 aromatic rings. The number of ether oxygens (including phenoxy) is 3. The van der Waals surface area contributed by atoms with Gasteiger partial charge in [-0.25, -0.2) is 0 Å². The Morgan fingerprint density at radius 1 is 0.333 bits per heavy atom. The first-order chi connectivity index (χ1) is 32.6. The van der Waals surface area contributed by atoms with Crippen molar-refractivity contribution in [2.75, 3.05) is 19.8 Å². The Morgan fingerprint density at radius 2 is 0.636 bits per heavy atom. The summed E-state index contributed by atoms with van der Waals surface area (Å²) in [6.07, 6.45) is 73.4. The fourth-order valence-corrected chi connectivity index (χ4v) is 7.89. The predicted octanol–water partition coefficient (Wildman–Crippen LogP) is 19.5. The zero-order valence-electron chi connectivity index (χ0n) is 44.0. The van der Waals surface area contributed by atoms with Crippen LogP contribution in [0.5, 0.6) is 0 Å². The molecule has 0 N–H and O–H groups in total. The SMILES string of the molecule is CCCCC/C=C\C/C=C\CCCCCCCCCCOCC(COC(=O)CCCCCCCCC/C=C\C/C=C\CCCCC)OC(=O)CCCCCCC/C=C\C/C=C\CCCCC. The van der Waals surface area contributed by atoms with Crippen LogP contribution in [-0.4, -0.2) is 37.9 Å². The molecule has 0 heterocycles. The molecule has 0 fully saturated rings. The van der Waals surface area contributed by atoms with Crippen LogP contribution in [-0.2, 0) is 23.8 Å². The second kappa shape index (κ2) is 56.7. The fraction of sp³-hybridized carbons (Fsp3) is 0.770. The molecule has 0 aliphatic carbocycles. The van der Waals surface area contributed by atoms with E-state index in [1.54, 1.807) is 0 Å². The van der Waals surface area contributed by atoms with E-state index >= 15 is 0 Å². The lowest BCUT2D eigenvalue weighted by atomic mass is 10.1. The third-order valence-electron chi connectivity index (χ3n) is 12.2. The maximum Gasteiger partial charge on any atom is 0.306 e. The van der Waals surface area contributed by atoms with E-state index in [4.69, 9.17) is 14.2 Å².